The topological polar surface area (TPSA) is 53.1 Å². The van der Waals surface area contributed by atoms with Gasteiger partial charge < -0.3 is 10.1 Å². The normalized spacial score (nSPS) is 10.9. The highest BCUT2D eigenvalue weighted by Crippen LogP contribution is 2.27. The van der Waals surface area contributed by atoms with Crippen LogP contribution in [0.2, 0.25) is 0 Å². The summed E-state index contributed by atoms with van der Waals surface area (Å²) in [6.07, 6.45) is 0.911. The Hall–Kier alpha value is -1.77. The van der Waals surface area contributed by atoms with Crippen molar-refractivity contribution in [1.29, 1.82) is 0 Å². The van der Waals surface area contributed by atoms with Gasteiger partial charge in [0.25, 0.3) is 0 Å². The average Bonchev–Trinajstić information content (AvgIpc) is 2.52. The zero-order chi connectivity index (χ0) is 11.9. The number of aromatic nitrogens is 1. The number of aromatic carboxylic acids is 1. The Labute approximate surface area is 94.1 Å². The van der Waals surface area contributed by atoms with E-state index in [0.717, 1.165) is 28.6 Å². The van der Waals surface area contributed by atoms with Crippen LogP contribution in [-0.4, -0.2) is 16.1 Å². The van der Waals surface area contributed by atoms with Crippen molar-refractivity contribution in [2.75, 3.05) is 0 Å². The highest BCUT2D eigenvalue weighted by molar-refractivity contribution is 6.03. The molecule has 0 fully saturated rings. The van der Waals surface area contributed by atoms with E-state index in [-0.39, 0.29) is 0 Å². The van der Waals surface area contributed by atoms with Gasteiger partial charge in [-0.1, -0.05) is 6.92 Å². The number of hydrogen-bond acceptors (Lipinski definition) is 1. The number of benzene rings is 1. The number of hydrogen-bond donors (Lipinski definition) is 2. The van der Waals surface area contributed by atoms with Gasteiger partial charge in [-0.3, -0.25) is 0 Å². The van der Waals surface area contributed by atoms with Gasteiger partial charge >= 0.3 is 5.97 Å². The number of H-pyrrole nitrogens is 1. The summed E-state index contributed by atoms with van der Waals surface area (Å²) in [6, 6.07) is 3.75. The first-order chi connectivity index (χ1) is 7.54. The van der Waals surface area contributed by atoms with Gasteiger partial charge in [0, 0.05) is 11.1 Å². The lowest BCUT2D eigenvalue weighted by molar-refractivity contribution is 0.0699. The van der Waals surface area contributed by atoms with Gasteiger partial charge in [-0.2, -0.15) is 0 Å². The van der Waals surface area contributed by atoms with Crippen LogP contribution in [0.3, 0.4) is 0 Å². The maximum atomic E-state index is 11.2. The number of fused-ring (bicyclic) bond motifs is 1. The first kappa shape index (κ1) is 10.7. The summed E-state index contributed by atoms with van der Waals surface area (Å²) in [5, 5.41) is 10.2. The summed E-state index contributed by atoms with van der Waals surface area (Å²) in [5.41, 5.74) is 4.36. The molecule has 3 heteroatoms. The minimum absolute atomic E-state index is 0.359. The third-order valence-corrected chi connectivity index (χ3v) is 2.96. The zero-order valence-electron chi connectivity index (χ0n) is 9.72. The Morgan fingerprint density at radius 2 is 2.06 bits per heavy atom. The van der Waals surface area contributed by atoms with E-state index in [2.05, 4.69) is 11.9 Å². The average molecular weight is 217 g/mol. The lowest BCUT2D eigenvalue weighted by Gasteiger charge is -2.01. The summed E-state index contributed by atoms with van der Waals surface area (Å²) in [6.45, 7) is 5.99. The third-order valence-electron chi connectivity index (χ3n) is 2.96. The van der Waals surface area contributed by atoms with Gasteiger partial charge in [0.15, 0.2) is 0 Å². The van der Waals surface area contributed by atoms with Crippen LogP contribution >= 0.6 is 0 Å². The molecule has 0 spiro atoms. The van der Waals surface area contributed by atoms with Crippen LogP contribution in [0.15, 0.2) is 12.1 Å². The number of carboxylic acids is 1. The molecule has 1 aromatic heterocycles. The van der Waals surface area contributed by atoms with E-state index in [1.54, 1.807) is 6.07 Å². The van der Waals surface area contributed by atoms with E-state index in [1.807, 2.05) is 19.9 Å². The fourth-order valence-electron chi connectivity index (χ4n) is 2.25. The molecule has 0 amide bonds. The van der Waals surface area contributed by atoms with Gasteiger partial charge in [-0.25, -0.2) is 4.79 Å². The number of carbonyl (C=O) groups is 1. The second kappa shape index (κ2) is 3.67. The Morgan fingerprint density at radius 3 is 2.62 bits per heavy atom. The molecule has 0 atom stereocenters. The fraction of sp³-hybridized carbons (Fsp3) is 0.308. The first-order valence-electron chi connectivity index (χ1n) is 5.39. The van der Waals surface area contributed by atoms with Gasteiger partial charge in [0.05, 0.1) is 11.1 Å². The largest absolute Gasteiger partial charge is 0.478 e. The number of carboxylic acid groups (broad SMARTS) is 1. The SMILES string of the molecule is CCc1c(C)[nH]c2c(C(=O)O)cc(C)cc12. The molecule has 3 nitrogen and oxygen atoms in total. The number of nitrogens with one attached hydrogen (secondary N) is 1. The minimum atomic E-state index is -0.877. The van der Waals surface area contributed by atoms with E-state index in [1.165, 1.54) is 5.56 Å². The van der Waals surface area contributed by atoms with Crippen molar-refractivity contribution in [3.05, 3.63) is 34.5 Å². The van der Waals surface area contributed by atoms with Gasteiger partial charge in [0.1, 0.15) is 0 Å². The summed E-state index contributed by atoms with van der Waals surface area (Å²) < 4.78 is 0. The van der Waals surface area contributed by atoms with Crippen molar-refractivity contribution in [3.8, 4) is 0 Å². The molecule has 0 radical (unpaired) electrons. The fourth-order valence-corrected chi connectivity index (χ4v) is 2.25. The second-order valence-corrected chi connectivity index (χ2v) is 4.12. The molecular weight excluding hydrogens is 202 g/mol. The van der Waals surface area contributed by atoms with Crippen LogP contribution in [-0.2, 0) is 6.42 Å². The van der Waals surface area contributed by atoms with Crippen molar-refractivity contribution < 1.29 is 9.90 Å². The van der Waals surface area contributed by atoms with Crippen molar-refractivity contribution in [3.63, 3.8) is 0 Å². The van der Waals surface area contributed by atoms with Gasteiger partial charge in [-0.05, 0) is 43.5 Å². The van der Waals surface area contributed by atoms with Crippen molar-refractivity contribution in [2.24, 2.45) is 0 Å². The molecule has 16 heavy (non-hydrogen) atoms. The first-order valence-corrected chi connectivity index (χ1v) is 5.39. The van der Waals surface area contributed by atoms with E-state index in [0.29, 0.717) is 5.56 Å². The highest BCUT2D eigenvalue weighted by Gasteiger charge is 2.14. The molecule has 0 bridgehead atoms. The van der Waals surface area contributed by atoms with E-state index < -0.39 is 5.97 Å². The monoisotopic (exact) mass is 217 g/mol. The molecule has 0 unspecified atom stereocenters. The molecule has 1 aromatic carbocycles. The number of aromatic amines is 1. The molecule has 1 heterocycles. The minimum Gasteiger partial charge on any atom is -0.478 e. The maximum absolute atomic E-state index is 11.2. The second-order valence-electron chi connectivity index (χ2n) is 4.12. The molecule has 2 aromatic rings. The Bertz CT molecular complexity index is 567. The molecule has 0 aliphatic carbocycles. The van der Waals surface area contributed by atoms with Crippen LogP contribution < -0.4 is 0 Å². The molecule has 0 saturated heterocycles. The molecule has 0 saturated carbocycles. The third kappa shape index (κ3) is 1.48. The summed E-state index contributed by atoms with van der Waals surface area (Å²) in [5.74, 6) is -0.877. The zero-order valence-corrected chi connectivity index (χ0v) is 9.72. The smallest absolute Gasteiger partial charge is 0.337 e. The predicted octanol–water partition coefficient (Wildman–Crippen LogP) is 3.05. The molecule has 0 aliphatic heterocycles. The highest BCUT2D eigenvalue weighted by atomic mass is 16.4. The van der Waals surface area contributed by atoms with Gasteiger partial charge in [-0.15, -0.1) is 0 Å². The molecule has 2 N–H and O–H groups in total. The lowest BCUT2D eigenvalue weighted by Crippen LogP contribution is -1.98. The van der Waals surface area contributed by atoms with Crippen LogP contribution in [0.4, 0.5) is 0 Å². The maximum Gasteiger partial charge on any atom is 0.337 e. The van der Waals surface area contributed by atoms with Crippen LogP contribution in [0.1, 0.15) is 34.1 Å². The van der Waals surface area contributed by atoms with E-state index in [4.69, 9.17) is 5.11 Å². The standard InChI is InChI=1S/C13H15NO2/c1-4-9-8(3)14-12-10(9)5-7(2)6-11(12)13(15)16/h5-6,14H,4H2,1-3H3,(H,15,16). The Morgan fingerprint density at radius 1 is 1.38 bits per heavy atom. The van der Waals surface area contributed by atoms with Crippen molar-refractivity contribution in [1.82, 2.24) is 4.98 Å². The van der Waals surface area contributed by atoms with Gasteiger partial charge in [0.2, 0.25) is 0 Å². The van der Waals surface area contributed by atoms with Crippen LogP contribution in [0, 0.1) is 13.8 Å². The molecule has 0 aliphatic rings. The number of aryl methyl sites for hydroxylation is 3. The molecular formula is C13H15NO2. The predicted molar refractivity (Wildman–Crippen MR) is 64.1 cm³/mol. The molecule has 2 rings (SSSR count). The van der Waals surface area contributed by atoms with Crippen LogP contribution in [0.5, 0.6) is 0 Å². The summed E-state index contributed by atoms with van der Waals surface area (Å²) >= 11 is 0. The Kier molecular flexibility index (Phi) is 2.46. The van der Waals surface area contributed by atoms with Crippen molar-refractivity contribution in [2.45, 2.75) is 27.2 Å². The lowest BCUT2D eigenvalue weighted by atomic mass is 10.0. The molecule has 84 valence electrons. The quantitative estimate of drug-likeness (QED) is 0.812. The summed E-state index contributed by atoms with van der Waals surface area (Å²) in [4.78, 5) is 14.3. The van der Waals surface area contributed by atoms with Crippen molar-refractivity contribution >= 4 is 16.9 Å². The summed E-state index contributed by atoms with van der Waals surface area (Å²) in [7, 11) is 0. The number of rotatable bonds is 2. The Balaban J connectivity index is 2.88. The van der Waals surface area contributed by atoms with Crippen LogP contribution in [0.25, 0.3) is 10.9 Å². The van der Waals surface area contributed by atoms with E-state index >= 15 is 0 Å². The van der Waals surface area contributed by atoms with E-state index in [9.17, 15) is 4.79 Å².